The molecule has 0 bridgehead atoms. The summed E-state index contributed by atoms with van der Waals surface area (Å²) in [6.45, 7) is 3.96. The first-order valence-electron chi connectivity index (χ1n) is 6.33. The molecule has 5 heteroatoms. The van der Waals surface area contributed by atoms with Gasteiger partial charge in [0.2, 0.25) is 5.91 Å². The number of allylic oxidation sites excluding steroid dienone is 4. The van der Waals surface area contributed by atoms with Crippen LogP contribution in [0.25, 0.3) is 0 Å². The van der Waals surface area contributed by atoms with E-state index >= 15 is 0 Å². The van der Waals surface area contributed by atoms with Gasteiger partial charge in [0.05, 0.1) is 0 Å². The molecule has 0 radical (unpaired) electrons. The van der Waals surface area contributed by atoms with Crippen LogP contribution in [0, 0.1) is 0 Å². The van der Waals surface area contributed by atoms with Crippen molar-refractivity contribution >= 4 is 11.9 Å². The smallest absolute Gasteiger partial charge is 0.354 e. The highest BCUT2D eigenvalue weighted by Crippen LogP contribution is 2.15. The molecule has 0 aliphatic carbocycles. The second-order valence-electron chi connectivity index (χ2n) is 4.18. The Balaban J connectivity index is 3.15. The Morgan fingerprint density at radius 3 is 2.65 bits per heavy atom. The van der Waals surface area contributed by atoms with Gasteiger partial charge in [0.1, 0.15) is 0 Å². The maximum atomic E-state index is 11.4. The van der Waals surface area contributed by atoms with Gasteiger partial charge in [0.25, 0.3) is 0 Å². The molecule has 0 atom stereocenters. The Kier molecular flexibility index (Phi) is 5.65. The van der Waals surface area contributed by atoms with Crippen LogP contribution in [-0.4, -0.2) is 22.0 Å². The zero-order valence-electron chi connectivity index (χ0n) is 11.6. The summed E-state index contributed by atoms with van der Waals surface area (Å²) in [5.41, 5.74) is 6.81. The van der Waals surface area contributed by atoms with Crippen LogP contribution in [0.1, 0.15) is 46.7 Å². The van der Waals surface area contributed by atoms with E-state index in [-0.39, 0.29) is 11.3 Å². The Labute approximate surface area is 117 Å². The monoisotopic (exact) mass is 274 g/mol. The van der Waals surface area contributed by atoms with E-state index in [1.165, 1.54) is 12.3 Å². The van der Waals surface area contributed by atoms with E-state index in [0.717, 1.165) is 12.0 Å². The average molecular weight is 274 g/mol. The van der Waals surface area contributed by atoms with Crippen molar-refractivity contribution in [3.05, 3.63) is 52.9 Å². The van der Waals surface area contributed by atoms with Crippen molar-refractivity contribution in [2.75, 3.05) is 0 Å². The van der Waals surface area contributed by atoms with Gasteiger partial charge in [-0.3, -0.25) is 4.79 Å². The van der Waals surface area contributed by atoms with E-state index in [9.17, 15) is 9.59 Å². The van der Waals surface area contributed by atoms with E-state index in [4.69, 9.17) is 10.8 Å². The number of hydrogen-bond acceptors (Lipinski definition) is 3. The molecule has 20 heavy (non-hydrogen) atoms. The molecule has 5 nitrogen and oxygen atoms in total. The van der Waals surface area contributed by atoms with Crippen LogP contribution in [0.15, 0.2) is 36.1 Å². The minimum Gasteiger partial charge on any atom is -0.477 e. The van der Waals surface area contributed by atoms with Gasteiger partial charge in [0.15, 0.2) is 5.69 Å². The highest BCUT2D eigenvalue weighted by atomic mass is 16.4. The number of nitrogens with two attached hydrogens (primary N) is 1. The number of amides is 1. The van der Waals surface area contributed by atoms with E-state index in [1.54, 1.807) is 0 Å². The zero-order chi connectivity index (χ0) is 15.1. The molecule has 1 aromatic heterocycles. The predicted octanol–water partition coefficient (Wildman–Crippen LogP) is 2.33. The van der Waals surface area contributed by atoms with Gasteiger partial charge < -0.3 is 10.8 Å². The van der Waals surface area contributed by atoms with Crippen LogP contribution in [0.4, 0.5) is 0 Å². The number of carboxylic acids is 1. The lowest BCUT2D eigenvalue weighted by atomic mass is 10.0. The lowest BCUT2D eigenvalue weighted by Gasteiger charge is -2.07. The number of hydrogen-bond donors (Lipinski definition) is 2. The van der Waals surface area contributed by atoms with Gasteiger partial charge >= 0.3 is 5.97 Å². The lowest BCUT2D eigenvalue weighted by molar-refractivity contribution is 0.0689. The average Bonchev–Trinajstić information content (AvgIpc) is 2.43. The minimum atomic E-state index is -1.17. The molecule has 1 rings (SSSR count). The Bertz CT molecular complexity index is 542. The van der Waals surface area contributed by atoms with Gasteiger partial charge in [-0.25, -0.2) is 9.78 Å². The number of aromatic carboxylic acids is 1. The second-order valence-corrected chi connectivity index (χ2v) is 4.18. The summed E-state index contributed by atoms with van der Waals surface area (Å²) in [4.78, 5) is 26.3. The third kappa shape index (κ3) is 3.78. The lowest BCUT2D eigenvalue weighted by Crippen LogP contribution is -2.17. The maximum absolute atomic E-state index is 11.4. The maximum Gasteiger partial charge on any atom is 0.354 e. The first-order chi connectivity index (χ1) is 9.51. The number of carbonyl (C=O) groups excluding carboxylic acids is 1. The second kappa shape index (κ2) is 7.23. The van der Waals surface area contributed by atoms with Crippen molar-refractivity contribution in [1.29, 1.82) is 0 Å². The predicted molar refractivity (Wildman–Crippen MR) is 76.6 cm³/mol. The largest absolute Gasteiger partial charge is 0.477 e. The summed E-state index contributed by atoms with van der Waals surface area (Å²) in [5.74, 6) is -1.82. The number of rotatable bonds is 6. The number of carboxylic acid groups (broad SMARTS) is 1. The van der Waals surface area contributed by atoms with Crippen molar-refractivity contribution in [2.45, 2.75) is 26.7 Å². The molecule has 0 saturated heterocycles. The summed E-state index contributed by atoms with van der Waals surface area (Å²) in [6, 6.07) is 1.44. The van der Waals surface area contributed by atoms with E-state index in [2.05, 4.69) is 4.98 Å². The molecule has 0 aromatic carbocycles. The number of pyridine rings is 1. The molecule has 3 N–H and O–H groups in total. The fourth-order valence-electron chi connectivity index (χ4n) is 1.86. The topological polar surface area (TPSA) is 93.3 Å². The Morgan fingerprint density at radius 1 is 1.45 bits per heavy atom. The van der Waals surface area contributed by atoms with Crippen LogP contribution in [0.5, 0.6) is 0 Å². The normalized spacial score (nSPS) is 11.8. The molecular weight excluding hydrogens is 256 g/mol. The SMILES string of the molecule is C/C=C(/C=C/Cc1c(C(N)=O)ccnc1C(=O)O)CC. The molecule has 0 spiro atoms. The van der Waals surface area contributed by atoms with Gasteiger partial charge in [-0.2, -0.15) is 0 Å². The van der Waals surface area contributed by atoms with Crippen LogP contribution >= 0.6 is 0 Å². The summed E-state index contributed by atoms with van der Waals surface area (Å²) in [7, 11) is 0. The minimum absolute atomic E-state index is 0.135. The zero-order valence-corrected chi connectivity index (χ0v) is 11.6. The van der Waals surface area contributed by atoms with E-state index in [0.29, 0.717) is 12.0 Å². The van der Waals surface area contributed by atoms with Crippen LogP contribution in [-0.2, 0) is 6.42 Å². The van der Waals surface area contributed by atoms with Gasteiger partial charge in [-0.15, -0.1) is 0 Å². The number of primary amides is 1. The summed E-state index contributed by atoms with van der Waals surface area (Å²) < 4.78 is 0. The Morgan fingerprint density at radius 2 is 2.15 bits per heavy atom. The molecule has 1 amide bonds. The molecule has 0 saturated carbocycles. The first-order valence-corrected chi connectivity index (χ1v) is 6.33. The van der Waals surface area contributed by atoms with Gasteiger partial charge in [-0.1, -0.05) is 30.7 Å². The molecule has 1 aromatic rings. The van der Waals surface area contributed by atoms with Crippen LogP contribution in [0.3, 0.4) is 0 Å². The van der Waals surface area contributed by atoms with Crippen molar-refractivity contribution < 1.29 is 14.7 Å². The first kappa shape index (κ1) is 15.6. The highest BCUT2D eigenvalue weighted by Gasteiger charge is 2.17. The number of aromatic nitrogens is 1. The Hall–Kier alpha value is -2.43. The molecule has 0 unspecified atom stereocenters. The highest BCUT2D eigenvalue weighted by molar-refractivity contribution is 5.98. The molecule has 0 aliphatic heterocycles. The third-order valence-electron chi connectivity index (χ3n) is 2.96. The molecule has 1 heterocycles. The van der Waals surface area contributed by atoms with Gasteiger partial charge in [0, 0.05) is 17.3 Å². The molecule has 0 fully saturated rings. The van der Waals surface area contributed by atoms with Gasteiger partial charge in [-0.05, 0) is 25.8 Å². The van der Waals surface area contributed by atoms with E-state index in [1.807, 2.05) is 32.1 Å². The quantitative estimate of drug-likeness (QED) is 0.778. The third-order valence-corrected chi connectivity index (χ3v) is 2.96. The fourth-order valence-corrected chi connectivity index (χ4v) is 1.86. The number of nitrogens with zero attached hydrogens (tertiary/aromatic N) is 1. The summed E-state index contributed by atoms with van der Waals surface area (Å²) >= 11 is 0. The van der Waals surface area contributed by atoms with Crippen molar-refractivity contribution in [3.63, 3.8) is 0 Å². The van der Waals surface area contributed by atoms with E-state index < -0.39 is 11.9 Å². The molecule has 106 valence electrons. The van der Waals surface area contributed by atoms with Crippen molar-refractivity contribution in [2.24, 2.45) is 5.73 Å². The van der Waals surface area contributed by atoms with Crippen LogP contribution in [0.2, 0.25) is 0 Å². The standard InChI is InChI=1S/C15H18N2O3/c1-3-10(4-2)6-5-7-11-12(14(16)18)8-9-17-13(11)15(19)20/h3,5-6,8-9H,4,7H2,1-2H3,(H2,16,18)(H,19,20)/b6-5+,10-3+. The number of carbonyl (C=O) groups is 2. The summed E-state index contributed by atoms with van der Waals surface area (Å²) in [5, 5.41) is 9.12. The molecular formula is C15H18N2O3. The summed E-state index contributed by atoms with van der Waals surface area (Å²) in [6.07, 6.45) is 8.16. The van der Waals surface area contributed by atoms with Crippen molar-refractivity contribution in [3.8, 4) is 0 Å². The van der Waals surface area contributed by atoms with Crippen LogP contribution < -0.4 is 5.73 Å². The fraction of sp³-hybridized carbons (Fsp3) is 0.267. The molecule has 0 aliphatic rings. The van der Waals surface area contributed by atoms with Crippen molar-refractivity contribution in [1.82, 2.24) is 4.98 Å².